The summed E-state index contributed by atoms with van der Waals surface area (Å²) < 4.78 is 6.36. The molecule has 1 aliphatic rings. The van der Waals surface area contributed by atoms with E-state index in [1.807, 2.05) is 38.2 Å². The lowest BCUT2D eigenvalue weighted by Crippen LogP contribution is -2.43. The van der Waals surface area contributed by atoms with Crippen molar-refractivity contribution < 1.29 is 14.3 Å². The first-order valence-electron chi connectivity index (χ1n) is 7.84. The van der Waals surface area contributed by atoms with Crippen molar-refractivity contribution in [3.63, 3.8) is 0 Å². The predicted octanol–water partition coefficient (Wildman–Crippen LogP) is 1.14. The fourth-order valence-corrected chi connectivity index (χ4v) is 3.33. The van der Waals surface area contributed by atoms with Crippen LogP contribution in [0.2, 0.25) is 0 Å². The van der Waals surface area contributed by atoms with E-state index in [2.05, 4.69) is 10.3 Å². The standard InChI is InChI=1S/C16H18BN3O3S/c17-13-9-18-15(24-13)19-14(21)12-7-4-8-20(12)16(22)23-10-11-5-2-1-3-6-11/h1-3,5-6,9,12H,4,7-8,10,17H2,(H,18,19,21)/t12-/m0/s1. The van der Waals surface area contributed by atoms with Gasteiger partial charge in [0, 0.05) is 12.7 Å². The Labute approximate surface area is 145 Å². The van der Waals surface area contributed by atoms with Gasteiger partial charge in [0.1, 0.15) is 12.6 Å². The first-order chi connectivity index (χ1) is 11.6. The molecule has 24 heavy (non-hydrogen) atoms. The van der Waals surface area contributed by atoms with Gasteiger partial charge in [-0.1, -0.05) is 30.3 Å². The van der Waals surface area contributed by atoms with Crippen molar-refractivity contribution in [3.05, 3.63) is 42.1 Å². The van der Waals surface area contributed by atoms with Crippen molar-refractivity contribution in [3.8, 4) is 0 Å². The van der Waals surface area contributed by atoms with Gasteiger partial charge in [0.05, 0.1) is 0 Å². The number of likely N-dealkylation sites (tertiary alicyclic amines) is 1. The van der Waals surface area contributed by atoms with Gasteiger partial charge in [0.2, 0.25) is 5.91 Å². The van der Waals surface area contributed by atoms with Gasteiger partial charge < -0.3 is 10.1 Å². The molecule has 0 bridgehead atoms. The zero-order chi connectivity index (χ0) is 16.9. The Bertz CT molecular complexity index is 722. The van der Waals surface area contributed by atoms with Crippen molar-refractivity contribution in [2.75, 3.05) is 11.9 Å². The van der Waals surface area contributed by atoms with Gasteiger partial charge in [-0.15, -0.1) is 11.3 Å². The van der Waals surface area contributed by atoms with Crippen molar-refractivity contribution in [1.29, 1.82) is 0 Å². The van der Waals surface area contributed by atoms with Crippen LogP contribution in [-0.4, -0.2) is 42.3 Å². The molecule has 1 aromatic heterocycles. The average Bonchev–Trinajstić information content (AvgIpc) is 3.22. The number of nitrogens with one attached hydrogen (secondary N) is 1. The van der Waals surface area contributed by atoms with E-state index in [0.717, 1.165) is 16.8 Å². The Kier molecular flexibility index (Phi) is 5.15. The van der Waals surface area contributed by atoms with Crippen molar-refractivity contribution in [1.82, 2.24) is 9.88 Å². The quantitative estimate of drug-likeness (QED) is 0.846. The lowest BCUT2D eigenvalue weighted by molar-refractivity contribution is -0.120. The van der Waals surface area contributed by atoms with Gasteiger partial charge in [-0.05, 0) is 23.2 Å². The summed E-state index contributed by atoms with van der Waals surface area (Å²) in [5.74, 6) is -0.210. The van der Waals surface area contributed by atoms with Crippen molar-refractivity contribution in [2.24, 2.45) is 0 Å². The SMILES string of the molecule is Bc1cnc(NC(=O)[C@@H]2CCCN2C(=O)OCc2ccccc2)s1. The van der Waals surface area contributed by atoms with Crippen LogP contribution in [0.4, 0.5) is 9.93 Å². The van der Waals surface area contributed by atoms with E-state index in [1.54, 1.807) is 6.20 Å². The summed E-state index contributed by atoms with van der Waals surface area (Å²) in [5, 5.41) is 3.34. The number of ether oxygens (including phenoxy) is 1. The molecule has 0 aliphatic carbocycles. The predicted molar refractivity (Wildman–Crippen MR) is 95.3 cm³/mol. The Balaban J connectivity index is 1.57. The van der Waals surface area contributed by atoms with E-state index in [1.165, 1.54) is 16.2 Å². The molecule has 1 aromatic carbocycles. The molecule has 2 amide bonds. The van der Waals surface area contributed by atoms with Gasteiger partial charge in [-0.3, -0.25) is 9.69 Å². The van der Waals surface area contributed by atoms with Crippen molar-refractivity contribution in [2.45, 2.75) is 25.5 Å². The minimum absolute atomic E-state index is 0.205. The molecule has 3 rings (SSSR count). The molecule has 0 unspecified atom stereocenters. The number of carbonyl (C=O) groups excluding carboxylic acids is 2. The number of nitrogens with zero attached hydrogens (tertiary/aromatic N) is 2. The summed E-state index contributed by atoms with van der Waals surface area (Å²) in [7, 11) is 1.93. The molecule has 1 aliphatic heterocycles. The molecule has 1 N–H and O–H groups in total. The molecule has 0 saturated carbocycles. The topological polar surface area (TPSA) is 71.5 Å². The minimum atomic E-state index is -0.502. The second-order valence-corrected chi connectivity index (χ2v) is 6.89. The normalized spacial score (nSPS) is 16.8. The fourth-order valence-electron chi connectivity index (χ4n) is 2.66. The van der Waals surface area contributed by atoms with E-state index >= 15 is 0 Å². The molecule has 1 atom stereocenters. The van der Waals surface area contributed by atoms with Crippen LogP contribution in [0.15, 0.2) is 36.5 Å². The lowest BCUT2D eigenvalue weighted by Gasteiger charge is -2.22. The maximum atomic E-state index is 12.4. The Morgan fingerprint density at radius 2 is 2.17 bits per heavy atom. The van der Waals surface area contributed by atoms with Gasteiger partial charge in [-0.2, -0.15) is 0 Å². The number of anilines is 1. The smallest absolute Gasteiger partial charge is 0.410 e. The van der Waals surface area contributed by atoms with Crippen LogP contribution in [0, 0.1) is 0 Å². The highest BCUT2D eigenvalue weighted by Crippen LogP contribution is 2.21. The highest BCUT2D eigenvalue weighted by Gasteiger charge is 2.35. The lowest BCUT2D eigenvalue weighted by atomic mass is 10.1. The van der Waals surface area contributed by atoms with E-state index in [4.69, 9.17) is 4.74 Å². The molecular weight excluding hydrogens is 325 g/mol. The first-order valence-corrected chi connectivity index (χ1v) is 8.66. The van der Waals surface area contributed by atoms with Crippen LogP contribution in [0.5, 0.6) is 0 Å². The number of carbonyl (C=O) groups is 2. The summed E-state index contributed by atoms with van der Waals surface area (Å²) >= 11 is 1.41. The van der Waals surface area contributed by atoms with E-state index in [-0.39, 0.29) is 12.5 Å². The molecule has 0 radical (unpaired) electrons. The third kappa shape index (κ3) is 3.94. The number of hydrogen-bond donors (Lipinski definition) is 1. The van der Waals surface area contributed by atoms with Crippen LogP contribution < -0.4 is 10.1 Å². The van der Waals surface area contributed by atoms with E-state index in [0.29, 0.717) is 18.1 Å². The van der Waals surface area contributed by atoms with Crippen LogP contribution in [-0.2, 0) is 16.1 Å². The van der Waals surface area contributed by atoms with Crippen molar-refractivity contribution >= 4 is 41.1 Å². The number of rotatable bonds is 4. The fraction of sp³-hybridized carbons (Fsp3) is 0.312. The van der Waals surface area contributed by atoms with Gasteiger partial charge in [0.25, 0.3) is 0 Å². The van der Waals surface area contributed by atoms with E-state index < -0.39 is 12.1 Å². The average molecular weight is 343 g/mol. The van der Waals surface area contributed by atoms with Crippen LogP contribution >= 0.6 is 11.3 Å². The molecule has 6 nitrogen and oxygen atoms in total. The third-order valence-electron chi connectivity index (χ3n) is 3.85. The number of amides is 2. The molecule has 8 heteroatoms. The van der Waals surface area contributed by atoms with Gasteiger partial charge >= 0.3 is 6.09 Å². The monoisotopic (exact) mass is 343 g/mol. The second kappa shape index (κ2) is 7.48. The molecule has 0 spiro atoms. The highest BCUT2D eigenvalue weighted by atomic mass is 32.1. The number of thiazole rings is 1. The second-order valence-electron chi connectivity index (χ2n) is 5.66. The number of aromatic nitrogens is 1. The zero-order valence-corrected chi connectivity index (χ0v) is 14.2. The Morgan fingerprint density at radius 3 is 2.88 bits per heavy atom. The van der Waals surface area contributed by atoms with E-state index in [9.17, 15) is 9.59 Å². The summed E-state index contributed by atoms with van der Waals surface area (Å²) in [6.07, 6.45) is 2.68. The summed E-state index contributed by atoms with van der Waals surface area (Å²) in [5.41, 5.74) is 0.921. The molecule has 2 aromatic rings. The van der Waals surface area contributed by atoms with Gasteiger partial charge in [0.15, 0.2) is 13.0 Å². The Hall–Kier alpha value is -2.35. The van der Waals surface area contributed by atoms with Crippen LogP contribution in [0.1, 0.15) is 18.4 Å². The maximum Gasteiger partial charge on any atom is 0.410 e. The third-order valence-corrected chi connectivity index (χ3v) is 4.67. The summed E-state index contributed by atoms with van der Waals surface area (Å²) in [6, 6.07) is 8.99. The zero-order valence-electron chi connectivity index (χ0n) is 13.4. The van der Waals surface area contributed by atoms with Crippen LogP contribution in [0.3, 0.4) is 0 Å². The first kappa shape index (κ1) is 16.5. The number of benzene rings is 1. The maximum absolute atomic E-state index is 12.4. The highest BCUT2D eigenvalue weighted by molar-refractivity contribution is 7.23. The molecule has 1 saturated heterocycles. The molecule has 1 fully saturated rings. The number of hydrogen-bond acceptors (Lipinski definition) is 5. The minimum Gasteiger partial charge on any atom is -0.445 e. The molecule has 124 valence electrons. The molecule has 2 heterocycles. The van der Waals surface area contributed by atoms with Gasteiger partial charge in [-0.25, -0.2) is 9.78 Å². The summed E-state index contributed by atoms with van der Waals surface area (Å²) in [6.45, 7) is 0.735. The Morgan fingerprint density at radius 1 is 1.38 bits per heavy atom. The molecular formula is C16H18BN3O3S. The summed E-state index contributed by atoms with van der Waals surface area (Å²) in [4.78, 5) is 30.3. The largest absolute Gasteiger partial charge is 0.445 e. The van der Waals surface area contributed by atoms with Crippen LogP contribution in [0.25, 0.3) is 0 Å².